The molecule has 0 amide bonds. The van der Waals surface area contributed by atoms with E-state index in [9.17, 15) is 16.8 Å². The predicted octanol–water partition coefficient (Wildman–Crippen LogP) is 4.66. The van der Waals surface area contributed by atoms with Gasteiger partial charge in [-0.2, -0.15) is 0 Å². The second-order valence-electron chi connectivity index (χ2n) is 6.37. The van der Waals surface area contributed by atoms with Gasteiger partial charge in [0.1, 0.15) is 16.5 Å². The Balaban J connectivity index is 1.83. The van der Waals surface area contributed by atoms with Gasteiger partial charge in [-0.25, -0.2) is 26.8 Å². The van der Waals surface area contributed by atoms with Gasteiger partial charge in [0.15, 0.2) is 0 Å². The highest BCUT2D eigenvalue weighted by atomic mass is 35.5. The van der Waals surface area contributed by atoms with Crippen molar-refractivity contribution >= 4 is 66.4 Å². The van der Waals surface area contributed by atoms with Gasteiger partial charge in [0.2, 0.25) is 0 Å². The second-order valence-corrected chi connectivity index (χ2v) is 10.9. The fourth-order valence-electron chi connectivity index (χ4n) is 2.59. The van der Waals surface area contributed by atoms with Gasteiger partial charge in [-0.05, 0) is 50.2 Å². The largest absolute Gasteiger partial charge is 0.280 e. The van der Waals surface area contributed by atoms with Crippen LogP contribution in [-0.2, 0) is 20.0 Å². The molecule has 0 saturated carbocycles. The maximum absolute atomic E-state index is 12.6. The van der Waals surface area contributed by atoms with Gasteiger partial charge in [0.05, 0.1) is 20.0 Å². The van der Waals surface area contributed by atoms with Crippen LogP contribution in [0, 0.1) is 13.8 Å². The van der Waals surface area contributed by atoms with Gasteiger partial charge < -0.3 is 0 Å². The Labute approximate surface area is 194 Å². The number of aryl methyl sites for hydroxylation is 2. The Morgan fingerprint density at radius 1 is 0.742 bits per heavy atom. The normalized spacial score (nSPS) is 11.9. The van der Waals surface area contributed by atoms with Crippen molar-refractivity contribution < 1.29 is 16.8 Å². The van der Waals surface area contributed by atoms with Crippen molar-refractivity contribution in [2.24, 2.45) is 0 Å². The van der Waals surface area contributed by atoms with Crippen LogP contribution >= 0.6 is 34.8 Å². The summed E-state index contributed by atoms with van der Waals surface area (Å²) in [6.07, 6.45) is 0. The highest BCUT2D eigenvalue weighted by molar-refractivity contribution is 7.93. The summed E-state index contributed by atoms with van der Waals surface area (Å²) in [5, 5.41) is 0.0247. The van der Waals surface area contributed by atoms with Crippen LogP contribution in [0.15, 0.2) is 52.3 Å². The smallest absolute Gasteiger partial charge is 0.263 e. The molecular formula is C18H15Cl3N4O4S2. The van der Waals surface area contributed by atoms with E-state index in [1.54, 1.807) is 13.8 Å². The number of aromatic nitrogens is 2. The Kier molecular flexibility index (Phi) is 6.68. The van der Waals surface area contributed by atoms with Crippen molar-refractivity contribution in [3.05, 3.63) is 69.1 Å². The first-order valence-electron chi connectivity index (χ1n) is 8.50. The molecule has 0 atom stereocenters. The summed E-state index contributed by atoms with van der Waals surface area (Å²) in [7, 11) is -8.04. The zero-order chi connectivity index (χ0) is 23.0. The van der Waals surface area contributed by atoms with E-state index in [0.29, 0.717) is 11.5 Å². The Hall–Kier alpha value is -2.11. The minimum atomic E-state index is -4.10. The number of rotatable bonds is 6. The van der Waals surface area contributed by atoms with E-state index >= 15 is 0 Å². The molecule has 0 bridgehead atoms. The Morgan fingerprint density at radius 3 is 1.97 bits per heavy atom. The first kappa shape index (κ1) is 23.6. The summed E-state index contributed by atoms with van der Waals surface area (Å²) in [5.74, 6) is 0.549. The molecule has 3 rings (SSSR count). The highest BCUT2D eigenvalue weighted by Gasteiger charge is 2.21. The van der Waals surface area contributed by atoms with Crippen molar-refractivity contribution in [1.82, 2.24) is 9.97 Å². The van der Waals surface area contributed by atoms with Gasteiger partial charge in [-0.15, -0.1) is 0 Å². The van der Waals surface area contributed by atoms with Crippen LogP contribution in [-0.4, -0.2) is 26.8 Å². The van der Waals surface area contributed by atoms with Gasteiger partial charge in [0.25, 0.3) is 20.0 Å². The Bertz CT molecular complexity index is 1340. The van der Waals surface area contributed by atoms with E-state index in [1.165, 1.54) is 36.4 Å². The van der Waals surface area contributed by atoms with Crippen molar-refractivity contribution in [2.45, 2.75) is 23.6 Å². The van der Waals surface area contributed by atoms with Crippen molar-refractivity contribution in [2.75, 3.05) is 9.44 Å². The SMILES string of the molecule is Cc1cc(NS(=O)(=O)c2ccc(NS(=O)(=O)c3cc(Cl)c(Cl)cc3Cl)cc2)nc(C)n1. The monoisotopic (exact) mass is 520 g/mol. The third-order valence-corrected chi connectivity index (χ3v) is 7.82. The second kappa shape index (κ2) is 8.79. The van der Waals surface area contributed by atoms with Crippen LogP contribution in [0.1, 0.15) is 11.5 Å². The molecule has 0 saturated heterocycles. The lowest BCUT2D eigenvalue weighted by molar-refractivity contribution is 0.600. The van der Waals surface area contributed by atoms with E-state index in [4.69, 9.17) is 34.8 Å². The number of hydrogen-bond acceptors (Lipinski definition) is 6. The zero-order valence-corrected chi connectivity index (χ0v) is 19.9. The van der Waals surface area contributed by atoms with E-state index in [-0.39, 0.29) is 36.4 Å². The van der Waals surface area contributed by atoms with Crippen molar-refractivity contribution in [1.29, 1.82) is 0 Å². The van der Waals surface area contributed by atoms with Crippen LogP contribution in [0.5, 0.6) is 0 Å². The molecule has 0 aliphatic carbocycles. The molecule has 0 spiro atoms. The van der Waals surface area contributed by atoms with Gasteiger partial charge in [0, 0.05) is 17.4 Å². The molecule has 0 fully saturated rings. The molecule has 0 unspecified atom stereocenters. The molecule has 2 N–H and O–H groups in total. The molecule has 0 aliphatic rings. The van der Waals surface area contributed by atoms with E-state index in [0.717, 1.165) is 6.07 Å². The first-order chi connectivity index (χ1) is 14.4. The quantitative estimate of drug-likeness (QED) is 0.456. The lowest BCUT2D eigenvalue weighted by atomic mass is 10.3. The maximum atomic E-state index is 12.6. The molecule has 3 aromatic rings. The number of benzene rings is 2. The van der Waals surface area contributed by atoms with Crippen LogP contribution in [0.2, 0.25) is 15.1 Å². The average Bonchev–Trinajstić information content (AvgIpc) is 2.63. The minimum Gasteiger partial charge on any atom is -0.280 e. The minimum absolute atomic E-state index is 0.0224. The zero-order valence-electron chi connectivity index (χ0n) is 16.0. The number of nitrogens with zero attached hydrogens (tertiary/aromatic N) is 2. The first-order valence-corrected chi connectivity index (χ1v) is 12.6. The number of nitrogens with one attached hydrogen (secondary N) is 2. The van der Waals surface area contributed by atoms with Gasteiger partial charge >= 0.3 is 0 Å². The lowest BCUT2D eigenvalue weighted by Crippen LogP contribution is -2.16. The van der Waals surface area contributed by atoms with Crippen molar-refractivity contribution in [3.63, 3.8) is 0 Å². The third kappa shape index (κ3) is 5.58. The maximum Gasteiger partial charge on any atom is 0.263 e. The van der Waals surface area contributed by atoms with Crippen LogP contribution in [0.4, 0.5) is 11.5 Å². The molecule has 0 radical (unpaired) electrons. The molecule has 13 heteroatoms. The van der Waals surface area contributed by atoms with E-state index in [1.807, 2.05) is 0 Å². The number of anilines is 2. The molecule has 164 valence electrons. The number of halogens is 3. The van der Waals surface area contributed by atoms with Gasteiger partial charge in [-0.3, -0.25) is 9.44 Å². The number of hydrogen-bond donors (Lipinski definition) is 2. The topological polar surface area (TPSA) is 118 Å². The fourth-order valence-corrected chi connectivity index (χ4v) is 5.64. The molecule has 1 aromatic heterocycles. The molecular weight excluding hydrogens is 507 g/mol. The molecule has 2 aromatic carbocycles. The molecule has 8 nitrogen and oxygen atoms in total. The molecule has 0 aliphatic heterocycles. The lowest BCUT2D eigenvalue weighted by Gasteiger charge is -2.12. The fraction of sp³-hybridized carbons (Fsp3) is 0.111. The van der Waals surface area contributed by atoms with Crippen LogP contribution in [0.3, 0.4) is 0 Å². The van der Waals surface area contributed by atoms with E-state index in [2.05, 4.69) is 19.4 Å². The van der Waals surface area contributed by atoms with Crippen LogP contribution in [0.25, 0.3) is 0 Å². The number of sulfonamides is 2. The highest BCUT2D eigenvalue weighted by Crippen LogP contribution is 2.32. The summed E-state index contributed by atoms with van der Waals surface area (Å²) in [6, 6.07) is 8.94. The summed E-state index contributed by atoms with van der Waals surface area (Å²) in [5.41, 5.74) is 0.728. The average molecular weight is 522 g/mol. The van der Waals surface area contributed by atoms with Crippen LogP contribution < -0.4 is 9.44 Å². The summed E-state index contributed by atoms with van der Waals surface area (Å²) in [4.78, 5) is 7.77. The predicted molar refractivity (Wildman–Crippen MR) is 121 cm³/mol. The summed E-state index contributed by atoms with van der Waals surface area (Å²) in [6.45, 7) is 3.36. The summed E-state index contributed by atoms with van der Waals surface area (Å²) < 4.78 is 55.1. The Morgan fingerprint density at radius 2 is 1.35 bits per heavy atom. The third-order valence-electron chi connectivity index (χ3n) is 3.89. The summed E-state index contributed by atoms with van der Waals surface area (Å²) >= 11 is 17.7. The molecule has 1 heterocycles. The van der Waals surface area contributed by atoms with Gasteiger partial charge in [-0.1, -0.05) is 34.8 Å². The van der Waals surface area contributed by atoms with E-state index < -0.39 is 20.0 Å². The standard InChI is InChI=1S/C18H15Cl3N4O4S2/c1-10-7-18(23-11(2)22-10)25-30(26,27)13-5-3-12(4-6-13)24-31(28,29)17-9-15(20)14(19)8-16(17)21/h3-9,24H,1-2H3,(H,22,23,25). The van der Waals surface area contributed by atoms with Crippen molar-refractivity contribution in [3.8, 4) is 0 Å². The molecule has 31 heavy (non-hydrogen) atoms.